The molecule has 24 heavy (non-hydrogen) atoms. The molecule has 1 saturated carbocycles. The molecular weight excluding hydrogens is 300 g/mol. The van der Waals surface area contributed by atoms with Crippen molar-refractivity contribution in [3.8, 4) is 11.3 Å². The van der Waals surface area contributed by atoms with Gasteiger partial charge in [0, 0.05) is 37.7 Å². The molecule has 0 bridgehead atoms. The molecule has 1 amide bonds. The summed E-state index contributed by atoms with van der Waals surface area (Å²) in [5, 5.41) is 8.81. The van der Waals surface area contributed by atoms with Crippen LogP contribution in [0.4, 0.5) is 5.82 Å². The molecule has 1 aromatic carbocycles. The monoisotopic (exact) mass is 322 g/mol. The zero-order valence-corrected chi connectivity index (χ0v) is 14.0. The topological polar surface area (TPSA) is 49.3 Å². The van der Waals surface area contributed by atoms with Gasteiger partial charge in [0.05, 0.1) is 5.69 Å². The van der Waals surface area contributed by atoms with E-state index in [1.165, 1.54) is 5.56 Å². The smallest absolute Gasteiger partial charge is 0.225 e. The number of aryl methyl sites for hydroxylation is 1. The summed E-state index contributed by atoms with van der Waals surface area (Å²) in [5.74, 6) is 1.55. The maximum Gasteiger partial charge on any atom is 0.225 e. The Bertz CT molecular complexity index is 731. The first-order valence-corrected chi connectivity index (χ1v) is 8.66. The third kappa shape index (κ3) is 2.98. The van der Waals surface area contributed by atoms with Gasteiger partial charge in [-0.2, -0.15) is 0 Å². The van der Waals surface area contributed by atoms with Gasteiger partial charge in [-0.1, -0.05) is 24.3 Å². The van der Waals surface area contributed by atoms with Crippen LogP contribution in [0.3, 0.4) is 0 Å². The summed E-state index contributed by atoms with van der Waals surface area (Å²) in [6.07, 6.45) is 2.15. The molecule has 0 unspecified atom stereocenters. The first-order valence-electron chi connectivity index (χ1n) is 8.66. The van der Waals surface area contributed by atoms with Crippen molar-refractivity contribution < 1.29 is 4.79 Å². The highest BCUT2D eigenvalue weighted by molar-refractivity contribution is 5.81. The van der Waals surface area contributed by atoms with Gasteiger partial charge in [0.25, 0.3) is 0 Å². The van der Waals surface area contributed by atoms with Crippen LogP contribution in [-0.2, 0) is 4.79 Å². The second-order valence-electron chi connectivity index (χ2n) is 6.68. The van der Waals surface area contributed by atoms with E-state index in [-0.39, 0.29) is 0 Å². The molecular formula is C19H22N4O. The average Bonchev–Trinajstić information content (AvgIpc) is 3.47. The minimum Gasteiger partial charge on any atom is -0.352 e. The maximum absolute atomic E-state index is 12.1. The van der Waals surface area contributed by atoms with E-state index < -0.39 is 0 Å². The van der Waals surface area contributed by atoms with Crippen LogP contribution in [-0.4, -0.2) is 47.2 Å². The molecule has 5 nitrogen and oxygen atoms in total. The first kappa shape index (κ1) is 15.1. The van der Waals surface area contributed by atoms with E-state index in [9.17, 15) is 4.79 Å². The molecule has 2 aliphatic rings. The lowest BCUT2D eigenvalue weighted by Gasteiger charge is -2.35. The Balaban J connectivity index is 1.42. The minimum absolute atomic E-state index is 0.310. The fraction of sp³-hybridized carbons (Fsp3) is 0.421. The van der Waals surface area contributed by atoms with Gasteiger partial charge in [0.1, 0.15) is 0 Å². The van der Waals surface area contributed by atoms with Crippen LogP contribution in [0.2, 0.25) is 0 Å². The highest BCUT2D eigenvalue weighted by Gasteiger charge is 2.34. The lowest BCUT2D eigenvalue weighted by atomic mass is 10.1. The Morgan fingerprint density at radius 1 is 1.00 bits per heavy atom. The molecule has 2 aromatic rings. The SMILES string of the molecule is Cc1ccccc1-c1ccc(N2CCN(C(=O)C3CC3)CC2)nn1. The summed E-state index contributed by atoms with van der Waals surface area (Å²) in [6.45, 7) is 5.32. The van der Waals surface area contributed by atoms with Crippen LogP contribution in [0.15, 0.2) is 36.4 Å². The number of piperazine rings is 1. The Labute approximate surface area is 142 Å². The van der Waals surface area contributed by atoms with Gasteiger partial charge in [0.2, 0.25) is 5.91 Å². The summed E-state index contributed by atoms with van der Waals surface area (Å²) in [6, 6.07) is 12.3. The molecule has 2 heterocycles. The third-order valence-corrected chi connectivity index (χ3v) is 4.91. The second-order valence-corrected chi connectivity index (χ2v) is 6.68. The van der Waals surface area contributed by atoms with Crippen LogP contribution in [0.5, 0.6) is 0 Å². The van der Waals surface area contributed by atoms with E-state index in [0.29, 0.717) is 11.8 Å². The molecule has 1 aliphatic heterocycles. The zero-order valence-electron chi connectivity index (χ0n) is 14.0. The standard InChI is InChI=1S/C19H22N4O/c1-14-4-2-3-5-16(14)17-8-9-18(21-20-17)22-10-12-23(13-11-22)19(24)15-6-7-15/h2-5,8-9,15H,6-7,10-13H2,1H3. The molecule has 4 rings (SSSR count). The molecule has 0 spiro atoms. The zero-order chi connectivity index (χ0) is 16.5. The molecule has 1 saturated heterocycles. The van der Waals surface area contributed by atoms with Gasteiger partial charge in [-0.3, -0.25) is 4.79 Å². The number of rotatable bonds is 3. The van der Waals surface area contributed by atoms with Gasteiger partial charge >= 0.3 is 0 Å². The number of nitrogens with zero attached hydrogens (tertiary/aromatic N) is 4. The van der Waals surface area contributed by atoms with Crippen molar-refractivity contribution in [3.63, 3.8) is 0 Å². The number of amides is 1. The second kappa shape index (κ2) is 6.23. The number of benzene rings is 1. The van der Waals surface area contributed by atoms with Gasteiger partial charge in [0.15, 0.2) is 5.82 Å². The third-order valence-electron chi connectivity index (χ3n) is 4.91. The van der Waals surface area contributed by atoms with E-state index in [2.05, 4.69) is 34.2 Å². The number of carbonyl (C=O) groups excluding carboxylic acids is 1. The number of hydrogen-bond acceptors (Lipinski definition) is 4. The summed E-state index contributed by atoms with van der Waals surface area (Å²) in [4.78, 5) is 16.3. The lowest BCUT2D eigenvalue weighted by Crippen LogP contribution is -2.49. The highest BCUT2D eigenvalue weighted by atomic mass is 16.2. The summed E-state index contributed by atoms with van der Waals surface area (Å²) < 4.78 is 0. The number of aromatic nitrogens is 2. The van der Waals surface area contributed by atoms with Crippen molar-refractivity contribution in [2.24, 2.45) is 5.92 Å². The van der Waals surface area contributed by atoms with Crippen LogP contribution in [0.25, 0.3) is 11.3 Å². The first-order chi connectivity index (χ1) is 11.7. The van der Waals surface area contributed by atoms with Gasteiger partial charge in [-0.25, -0.2) is 0 Å². The van der Waals surface area contributed by atoms with Crippen LogP contribution < -0.4 is 4.90 Å². The van der Waals surface area contributed by atoms with Crippen LogP contribution in [0.1, 0.15) is 18.4 Å². The van der Waals surface area contributed by atoms with E-state index in [1.54, 1.807) is 0 Å². The van der Waals surface area contributed by atoms with Crippen LogP contribution >= 0.6 is 0 Å². The fourth-order valence-corrected chi connectivity index (χ4v) is 3.24. The van der Waals surface area contributed by atoms with Gasteiger partial charge in [-0.05, 0) is 37.5 Å². The van der Waals surface area contributed by atoms with Crippen molar-refractivity contribution in [2.45, 2.75) is 19.8 Å². The summed E-state index contributed by atoms with van der Waals surface area (Å²) >= 11 is 0. The van der Waals surface area contributed by atoms with Gasteiger partial charge in [-0.15, -0.1) is 10.2 Å². The fourth-order valence-electron chi connectivity index (χ4n) is 3.24. The predicted octanol–water partition coefficient (Wildman–Crippen LogP) is 2.51. The minimum atomic E-state index is 0.310. The Kier molecular flexibility index (Phi) is 3.92. The lowest BCUT2D eigenvalue weighted by molar-refractivity contribution is -0.132. The van der Waals surface area contributed by atoms with Crippen molar-refractivity contribution >= 4 is 11.7 Å². The van der Waals surface area contributed by atoms with Crippen molar-refractivity contribution in [3.05, 3.63) is 42.0 Å². The largest absolute Gasteiger partial charge is 0.352 e. The molecule has 1 aromatic heterocycles. The van der Waals surface area contributed by atoms with Crippen molar-refractivity contribution in [2.75, 3.05) is 31.1 Å². The molecule has 0 atom stereocenters. The highest BCUT2D eigenvalue weighted by Crippen LogP contribution is 2.31. The number of hydrogen-bond donors (Lipinski definition) is 0. The molecule has 124 valence electrons. The molecule has 0 radical (unpaired) electrons. The maximum atomic E-state index is 12.1. The van der Waals surface area contributed by atoms with Crippen molar-refractivity contribution in [1.29, 1.82) is 0 Å². The van der Waals surface area contributed by atoms with E-state index in [0.717, 1.165) is 56.1 Å². The Hall–Kier alpha value is -2.43. The molecule has 1 aliphatic carbocycles. The number of carbonyl (C=O) groups is 1. The molecule has 2 fully saturated rings. The van der Waals surface area contributed by atoms with Crippen molar-refractivity contribution in [1.82, 2.24) is 15.1 Å². The number of anilines is 1. The Morgan fingerprint density at radius 3 is 2.38 bits per heavy atom. The van der Waals surface area contributed by atoms with Gasteiger partial charge < -0.3 is 9.80 Å². The predicted molar refractivity (Wildman–Crippen MR) is 93.7 cm³/mol. The Morgan fingerprint density at radius 2 is 1.75 bits per heavy atom. The average molecular weight is 322 g/mol. The normalized spacial score (nSPS) is 17.9. The van der Waals surface area contributed by atoms with E-state index in [4.69, 9.17) is 0 Å². The molecule has 5 heteroatoms. The summed E-state index contributed by atoms with van der Waals surface area (Å²) in [5.41, 5.74) is 3.22. The summed E-state index contributed by atoms with van der Waals surface area (Å²) in [7, 11) is 0. The van der Waals surface area contributed by atoms with E-state index in [1.807, 2.05) is 29.2 Å². The quantitative estimate of drug-likeness (QED) is 0.871. The molecule has 0 N–H and O–H groups in total. The van der Waals surface area contributed by atoms with Crippen LogP contribution in [0, 0.1) is 12.8 Å². The van der Waals surface area contributed by atoms with E-state index >= 15 is 0 Å².